The van der Waals surface area contributed by atoms with Crippen LogP contribution in [0.5, 0.6) is 0 Å². The summed E-state index contributed by atoms with van der Waals surface area (Å²) in [5, 5.41) is 19.2. The molecule has 0 aliphatic carbocycles. The Morgan fingerprint density at radius 2 is 1.92 bits per heavy atom. The van der Waals surface area contributed by atoms with Crippen LogP contribution >= 0.6 is 0 Å². The van der Waals surface area contributed by atoms with Gasteiger partial charge >= 0.3 is 6.09 Å². The summed E-state index contributed by atoms with van der Waals surface area (Å²) >= 11 is 0. The third kappa shape index (κ3) is 2.25. The average Bonchev–Trinajstić information content (AvgIpc) is 2.05. The minimum absolute atomic E-state index is 0.0344. The van der Waals surface area contributed by atoms with Gasteiger partial charge in [-0.25, -0.2) is 4.79 Å². The van der Waals surface area contributed by atoms with Crippen molar-refractivity contribution in [1.82, 2.24) is 0 Å². The van der Waals surface area contributed by atoms with Gasteiger partial charge in [0.1, 0.15) is 0 Å². The van der Waals surface area contributed by atoms with Crippen LogP contribution in [0.4, 0.5) is 10.5 Å². The molecule has 0 radical (unpaired) electrons. The molecule has 0 saturated carbocycles. The SMILES string of the molecule is O=C(O)Nc1ccc(CO)cc1. The fourth-order valence-electron chi connectivity index (χ4n) is 0.817. The first-order chi connectivity index (χ1) is 5.72. The molecule has 0 unspecified atom stereocenters. The molecule has 0 aliphatic heterocycles. The molecule has 3 N–H and O–H groups in total. The van der Waals surface area contributed by atoms with Gasteiger partial charge in [0.2, 0.25) is 0 Å². The molecule has 0 saturated heterocycles. The molecule has 1 aromatic rings. The van der Waals surface area contributed by atoms with Gasteiger partial charge in [-0.15, -0.1) is 0 Å². The van der Waals surface area contributed by atoms with E-state index in [1.807, 2.05) is 0 Å². The molecule has 0 heterocycles. The van der Waals surface area contributed by atoms with Crippen LogP contribution in [0.3, 0.4) is 0 Å². The van der Waals surface area contributed by atoms with Gasteiger partial charge in [-0.3, -0.25) is 5.32 Å². The molecule has 0 atom stereocenters. The summed E-state index contributed by atoms with van der Waals surface area (Å²) in [6.07, 6.45) is -1.09. The zero-order valence-corrected chi connectivity index (χ0v) is 6.32. The highest BCUT2D eigenvalue weighted by atomic mass is 16.4. The number of aliphatic hydroxyl groups is 1. The van der Waals surface area contributed by atoms with E-state index in [-0.39, 0.29) is 6.61 Å². The van der Waals surface area contributed by atoms with Crippen LogP contribution < -0.4 is 5.32 Å². The van der Waals surface area contributed by atoms with E-state index in [2.05, 4.69) is 5.32 Å². The Balaban J connectivity index is 2.71. The molecule has 64 valence electrons. The third-order valence-electron chi connectivity index (χ3n) is 1.39. The lowest BCUT2D eigenvalue weighted by Crippen LogP contribution is -2.06. The number of amides is 1. The minimum Gasteiger partial charge on any atom is -0.465 e. The number of hydrogen-bond donors (Lipinski definition) is 3. The van der Waals surface area contributed by atoms with Gasteiger partial charge in [-0.05, 0) is 17.7 Å². The Bertz CT molecular complexity index is 268. The van der Waals surface area contributed by atoms with E-state index in [1.54, 1.807) is 24.3 Å². The van der Waals surface area contributed by atoms with Crippen molar-refractivity contribution in [2.45, 2.75) is 6.61 Å². The van der Waals surface area contributed by atoms with Gasteiger partial charge in [0.15, 0.2) is 0 Å². The maximum absolute atomic E-state index is 10.2. The van der Waals surface area contributed by atoms with Crippen LogP contribution in [0.25, 0.3) is 0 Å². The maximum atomic E-state index is 10.2. The van der Waals surface area contributed by atoms with Crippen LogP contribution in [0.1, 0.15) is 5.56 Å². The lowest BCUT2D eigenvalue weighted by molar-refractivity contribution is 0.210. The standard InChI is InChI=1S/C8H9NO3/c10-5-6-1-3-7(4-2-6)9-8(11)12/h1-4,9-10H,5H2,(H,11,12). The van der Waals surface area contributed by atoms with Crippen LogP contribution in [-0.2, 0) is 6.61 Å². The zero-order chi connectivity index (χ0) is 8.97. The zero-order valence-electron chi connectivity index (χ0n) is 6.32. The maximum Gasteiger partial charge on any atom is 0.409 e. The fourth-order valence-corrected chi connectivity index (χ4v) is 0.817. The van der Waals surface area contributed by atoms with Crippen LogP contribution in [0.15, 0.2) is 24.3 Å². The molecular formula is C8H9NO3. The second-order valence-corrected chi connectivity index (χ2v) is 2.29. The highest BCUT2D eigenvalue weighted by molar-refractivity contribution is 5.82. The number of carbonyl (C=O) groups is 1. The van der Waals surface area contributed by atoms with Crippen LogP contribution in [0.2, 0.25) is 0 Å². The molecule has 1 amide bonds. The van der Waals surface area contributed by atoms with E-state index in [0.29, 0.717) is 5.69 Å². The van der Waals surface area contributed by atoms with Crippen molar-refractivity contribution in [2.24, 2.45) is 0 Å². The Hall–Kier alpha value is -1.55. The summed E-state index contributed by atoms with van der Waals surface area (Å²) in [6, 6.07) is 6.51. The van der Waals surface area contributed by atoms with Crippen molar-refractivity contribution >= 4 is 11.8 Å². The molecule has 0 aromatic heterocycles. The van der Waals surface area contributed by atoms with E-state index >= 15 is 0 Å². The third-order valence-corrected chi connectivity index (χ3v) is 1.39. The Morgan fingerprint density at radius 1 is 1.33 bits per heavy atom. The van der Waals surface area contributed by atoms with Gasteiger partial charge < -0.3 is 10.2 Å². The van der Waals surface area contributed by atoms with Crippen LogP contribution in [0, 0.1) is 0 Å². The van der Waals surface area contributed by atoms with Crippen molar-refractivity contribution < 1.29 is 15.0 Å². The molecule has 4 heteroatoms. The Morgan fingerprint density at radius 3 is 2.33 bits per heavy atom. The number of aliphatic hydroxyl groups excluding tert-OH is 1. The second kappa shape index (κ2) is 3.73. The smallest absolute Gasteiger partial charge is 0.409 e. The van der Waals surface area contributed by atoms with E-state index < -0.39 is 6.09 Å². The second-order valence-electron chi connectivity index (χ2n) is 2.29. The van der Waals surface area contributed by atoms with Gasteiger partial charge in [0.25, 0.3) is 0 Å². The quantitative estimate of drug-likeness (QED) is 0.621. The summed E-state index contributed by atoms with van der Waals surface area (Å²) in [5.74, 6) is 0. The van der Waals surface area contributed by atoms with Gasteiger partial charge in [0, 0.05) is 5.69 Å². The van der Waals surface area contributed by atoms with Crippen LogP contribution in [-0.4, -0.2) is 16.3 Å². The van der Waals surface area contributed by atoms with E-state index in [4.69, 9.17) is 10.2 Å². The molecule has 0 bridgehead atoms. The van der Waals surface area contributed by atoms with Gasteiger partial charge in [-0.1, -0.05) is 12.1 Å². The number of benzene rings is 1. The van der Waals surface area contributed by atoms with Crippen molar-refractivity contribution in [3.05, 3.63) is 29.8 Å². The summed E-state index contributed by atoms with van der Waals surface area (Å²) in [4.78, 5) is 10.2. The van der Waals surface area contributed by atoms with E-state index in [9.17, 15) is 4.79 Å². The summed E-state index contributed by atoms with van der Waals surface area (Å²) in [5.41, 5.74) is 1.26. The van der Waals surface area contributed by atoms with Gasteiger partial charge in [-0.2, -0.15) is 0 Å². The first-order valence-electron chi connectivity index (χ1n) is 3.42. The molecule has 0 spiro atoms. The number of anilines is 1. The monoisotopic (exact) mass is 167 g/mol. The highest BCUT2D eigenvalue weighted by Gasteiger charge is 1.96. The van der Waals surface area contributed by atoms with Crippen molar-refractivity contribution in [2.75, 3.05) is 5.32 Å². The molecular weight excluding hydrogens is 158 g/mol. The Kier molecular flexibility index (Phi) is 2.66. The predicted molar refractivity (Wildman–Crippen MR) is 44.0 cm³/mol. The number of carboxylic acid groups (broad SMARTS) is 1. The topological polar surface area (TPSA) is 69.6 Å². The first-order valence-corrected chi connectivity index (χ1v) is 3.42. The average molecular weight is 167 g/mol. The molecule has 4 nitrogen and oxygen atoms in total. The summed E-state index contributed by atoms with van der Waals surface area (Å²) < 4.78 is 0. The number of nitrogens with one attached hydrogen (secondary N) is 1. The molecule has 0 fully saturated rings. The van der Waals surface area contributed by atoms with E-state index in [1.165, 1.54) is 0 Å². The summed E-state index contributed by atoms with van der Waals surface area (Å²) in [6.45, 7) is -0.0344. The molecule has 1 aromatic carbocycles. The lowest BCUT2D eigenvalue weighted by atomic mass is 10.2. The number of hydrogen-bond acceptors (Lipinski definition) is 2. The molecule has 12 heavy (non-hydrogen) atoms. The number of rotatable bonds is 2. The minimum atomic E-state index is -1.09. The Labute approximate surface area is 69.5 Å². The van der Waals surface area contributed by atoms with Crippen molar-refractivity contribution in [1.29, 1.82) is 0 Å². The van der Waals surface area contributed by atoms with E-state index in [0.717, 1.165) is 5.56 Å². The molecule has 0 aliphatic rings. The highest BCUT2D eigenvalue weighted by Crippen LogP contribution is 2.08. The van der Waals surface area contributed by atoms with Crippen molar-refractivity contribution in [3.8, 4) is 0 Å². The largest absolute Gasteiger partial charge is 0.465 e. The van der Waals surface area contributed by atoms with Crippen molar-refractivity contribution in [3.63, 3.8) is 0 Å². The summed E-state index contributed by atoms with van der Waals surface area (Å²) in [7, 11) is 0. The fraction of sp³-hybridized carbons (Fsp3) is 0.125. The normalized spacial score (nSPS) is 9.42. The lowest BCUT2D eigenvalue weighted by Gasteiger charge is -2.00. The predicted octanol–water partition coefficient (Wildman–Crippen LogP) is 1.27. The molecule has 1 rings (SSSR count). The van der Waals surface area contributed by atoms with Gasteiger partial charge in [0.05, 0.1) is 6.61 Å². The first kappa shape index (κ1) is 8.55.